The lowest BCUT2D eigenvalue weighted by Crippen LogP contribution is -2.48. The smallest absolute Gasteiger partial charge is 0.191 e. The van der Waals surface area contributed by atoms with Crippen LogP contribution in [-0.2, 0) is 4.43 Å². The Morgan fingerprint density at radius 3 is 2.63 bits per heavy atom. The van der Waals surface area contributed by atoms with Crippen molar-refractivity contribution in [2.24, 2.45) is 0 Å². The molecule has 1 fully saturated rings. The van der Waals surface area contributed by atoms with Crippen molar-refractivity contribution in [3.63, 3.8) is 0 Å². The summed E-state index contributed by atoms with van der Waals surface area (Å²) in [6.45, 7) is 9.37. The molecule has 2 heteroatoms. The lowest BCUT2D eigenvalue weighted by Gasteiger charge is -2.45. The van der Waals surface area contributed by atoms with Crippen LogP contribution in [0.3, 0.4) is 0 Å². The highest BCUT2D eigenvalue weighted by Gasteiger charge is 2.41. The van der Waals surface area contributed by atoms with Crippen LogP contribution in [0.2, 0.25) is 18.6 Å². The van der Waals surface area contributed by atoms with Gasteiger partial charge in [-0.3, -0.25) is 0 Å². The zero-order valence-corrected chi connectivity index (χ0v) is 13.9. The van der Waals surface area contributed by atoms with Crippen LogP contribution in [-0.4, -0.2) is 13.9 Å². The number of rotatable bonds is 4. The molecular weight excluding hydrogens is 248 g/mol. The van der Waals surface area contributed by atoms with Crippen LogP contribution in [0.15, 0.2) is 30.3 Å². The van der Waals surface area contributed by atoms with Gasteiger partial charge in [0.1, 0.15) is 0 Å². The minimum absolute atomic E-state index is 0.148. The van der Waals surface area contributed by atoms with Gasteiger partial charge in [0.15, 0.2) is 8.32 Å². The van der Waals surface area contributed by atoms with E-state index in [0.717, 1.165) is 6.42 Å². The summed E-state index contributed by atoms with van der Waals surface area (Å²) in [6, 6.07) is 13.5. The molecule has 0 aromatic heterocycles. The first-order valence-electron chi connectivity index (χ1n) is 7.71. The van der Waals surface area contributed by atoms with Gasteiger partial charge in [0.2, 0.25) is 0 Å². The second-order valence-corrected chi connectivity index (χ2v) is 10.7. The SMILES string of the molecule is CCC1(C)CCC[Si](C)(CC(C)c2ccccc2)O1. The molecule has 0 N–H and O–H groups in total. The second kappa shape index (κ2) is 5.80. The van der Waals surface area contributed by atoms with Gasteiger partial charge in [0, 0.05) is 0 Å². The Bertz CT molecular complexity index is 405. The average molecular weight is 276 g/mol. The number of benzene rings is 1. The van der Waals surface area contributed by atoms with E-state index in [1.54, 1.807) is 0 Å². The van der Waals surface area contributed by atoms with E-state index in [0.29, 0.717) is 5.92 Å². The fourth-order valence-electron chi connectivity index (χ4n) is 3.47. The van der Waals surface area contributed by atoms with Crippen molar-refractivity contribution in [1.82, 2.24) is 0 Å². The van der Waals surface area contributed by atoms with Crippen LogP contribution in [0, 0.1) is 0 Å². The molecule has 3 atom stereocenters. The minimum atomic E-state index is -1.54. The third-order valence-electron chi connectivity index (χ3n) is 4.76. The average Bonchev–Trinajstić information content (AvgIpc) is 2.39. The minimum Gasteiger partial charge on any atom is -0.412 e. The molecule has 0 bridgehead atoms. The van der Waals surface area contributed by atoms with Gasteiger partial charge >= 0.3 is 0 Å². The normalized spacial score (nSPS) is 33.1. The van der Waals surface area contributed by atoms with E-state index in [1.165, 1.54) is 30.5 Å². The summed E-state index contributed by atoms with van der Waals surface area (Å²) in [6.07, 6.45) is 3.75. The van der Waals surface area contributed by atoms with Crippen LogP contribution >= 0.6 is 0 Å². The van der Waals surface area contributed by atoms with Crippen LogP contribution < -0.4 is 0 Å². The van der Waals surface area contributed by atoms with E-state index in [4.69, 9.17) is 4.43 Å². The van der Waals surface area contributed by atoms with Gasteiger partial charge in [-0.1, -0.05) is 50.6 Å². The Hall–Kier alpha value is -0.603. The summed E-state index contributed by atoms with van der Waals surface area (Å²) in [5.41, 5.74) is 1.61. The maximum atomic E-state index is 6.64. The van der Waals surface area contributed by atoms with Crippen molar-refractivity contribution in [2.75, 3.05) is 0 Å². The first-order chi connectivity index (χ1) is 8.96. The van der Waals surface area contributed by atoms with Crippen molar-refractivity contribution in [2.45, 2.75) is 70.2 Å². The highest BCUT2D eigenvalue weighted by atomic mass is 28.4. The molecule has 1 aliphatic heterocycles. The van der Waals surface area contributed by atoms with Gasteiger partial charge in [0.05, 0.1) is 5.60 Å². The standard InChI is InChI=1S/C17H28OSi/c1-5-17(3)12-9-13-19(4,18-17)14-15(2)16-10-7-6-8-11-16/h6-8,10-11,15H,5,9,12-14H2,1-4H3. The Morgan fingerprint density at radius 2 is 2.00 bits per heavy atom. The molecule has 1 aliphatic rings. The molecule has 3 unspecified atom stereocenters. The monoisotopic (exact) mass is 276 g/mol. The zero-order chi connectivity index (χ0) is 13.9. The lowest BCUT2D eigenvalue weighted by molar-refractivity contribution is 0.0467. The van der Waals surface area contributed by atoms with Crippen molar-refractivity contribution < 1.29 is 4.43 Å². The van der Waals surface area contributed by atoms with Crippen LogP contribution in [0.5, 0.6) is 0 Å². The van der Waals surface area contributed by atoms with Crippen LogP contribution in [0.1, 0.15) is 51.5 Å². The number of hydrogen-bond donors (Lipinski definition) is 0. The fourth-order valence-corrected chi connectivity index (χ4v) is 7.75. The molecule has 1 aromatic rings. The molecule has 19 heavy (non-hydrogen) atoms. The van der Waals surface area contributed by atoms with Gasteiger partial charge in [-0.25, -0.2) is 0 Å². The van der Waals surface area contributed by atoms with Gasteiger partial charge in [-0.2, -0.15) is 0 Å². The van der Waals surface area contributed by atoms with Crippen LogP contribution in [0.25, 0.3) is 0 Å². The molecule has 0 amide bonds. The molecule has 1 heterocycles. The fraction of sp³-hybridized carbons (Fsp3) is 0.647. The Balaban J connectivity index is 2.05. The first kappa shape index (κ1) is 14.8. The quantitative estimate of drug-likeness (QED) is 0.674. The van der Waals surface area contributed by atoms with Gasteiger partial charge in [0.25, 0.3) is 0 Å². The molecule has 0 aliphatic carbocycles. The highest BCUT2D eigenvalue weighted by molar-refractivity contribution is 6.72. The van der Waals surface area contributed by atoms with Crippen LogP contribution in [0.4, 0.5) is 0 Å². The second-order valence-electron chi connectivity index (χ2n) is 6.72. The highest BCUT2D eigenvalue weighted by Crippen LogP contribution is 2.40. The van der Waals surface area contributed by atoms with E-state index in [9.17, 15) is 0 Å². The maximum Gasteiger partial charge on any atom is 0.191 e. The molecule has 2 rings (SSSR count). The molecule has 1 nitrogen and oxygen atoms in total. The van der Waals surface area contributed by atoms with Gasteiger partial charge < -0.3 is 4.43 Å². The molecule has 0 saturated carbocycles. The van der Waals surface area contributed by atoms with Gasteiger partial charge in [-0.15, -0.1) is 0 Å². The Kier molecular flexibility index (Phi) is 4.52. The molecule has 0 radical (unpaired) electrons. The van der Waals surface area contributed by atoms with E-state index >= 15 is 0 Å². The molecule has 0 spiro atoms. The largest absolute Gasteiger partial charge is 0.412 e. The first-order valence-corrected chi connectivity index (χ1v) is 10.5. The van der Waals surface area contributed by atoms with Crippen molar-refractivity contribution >= 4 is 8.32 Å². The molecular formula is C17H28OSi. The van der Waals surface area contributed by atoms with E-state index in [-0.39, 0.29) is 5.60 Å². The number of hydrogen-bond acceptors (Lipinski definition) is 1. The Labute approximate surface area is 119 Å². The predicted octanol–water partition coefficient (Wildman–Crippen LogP) is 5.34. The van der Waals surface area contributed by atoms with Gasteiger partial charge in [-0.05, 0) is 49.9 Å². The van der Waals surface area contributed by atoms with E-state index in [2.05, 4.69) is 57.7 Å². The molecule has 106 valence electrons. The topological polar surface area (TPSA) is 9.23 Å². The third-order valence-corrected chi connectivity index (χ3v) is 8.63. The Morgan fingerprint density at radius 1 is 1.32 bits per heavy atom. The van der Waals surface area contributed by atoms with Crippen molar-refractivity contribution in [3.8, 4) is 0 Å². The summed E-state index contributed by atoms with van der Waals surface area (Å²) in [5, 5.41) is 0. The maximum absolute atomic E-state index is 6.64. The summed E-state index contributed by atoms with van der Waals surface area (Å²) in [5.74, 6) is 0.622. The zero-order valence-electron chi connectivity index (χ0n) is 12.9. The molecule has 1 aromatic carbocycles. The summed E-state index contributed by atoms with van der Waals surface area (Å²) in [4.78, 5) is 0. The lowest BCUT2D eigenvalue weighted by atomic mass is 9.98. The summed E-state index contributed by atoms with van der Waals surface area (Å²) in [7, 11) is -1.54. The summed E-state index contributed by atoms with van der Waals surface area (Å²) >= 11 is 0. The van der Waals surface area contributed by atoms with E-state index < -0.39 is 8.32 Å². The summed E-state index contributed by atoms with van der Waals surface area (Å²) < 4.78 is 6.64. The predicted molar refractivity (Wildman–Crippen MR) is 85.1 cm³/mol. The molecule has 1 saturated heterocycles. The third kappa shape index (κ3) is 3.70. The van der Waals surface area contributed by atoms with Crippen molar-refractivity contribution in [1.29, 1.82) is 0 Å². The van der Waals surface area contributed by atoms with Crippen molar-refractivity contribution in [3.05, 3.63) is 35.9 Å². The van der Waals surface area contributed by atoms with E-state index in [1.807, 2.05) is 0 Å².